The number of ether oxygens (including phenoxy) is 2. The number of amides is 3. The van der Waals surface area contributed by atoms with Crippen LogP contribution in [0.4, 0.5) is 18.0 Å². The van der Waals surface area contributed by atoms with Gasteiger partial charge in [0.2, 0.25) is 0 Å². The number of methoxy groups -OCH3 is 1. The Morgan fingerprint density at radius 3 is 2.46 bits per heavy atom. The van der Waals surface area contributed by atoms with Gasteiger partial charge in [0.15, 0.2) is 6.10 Å². The second kappa shape index (κ2) is 11.8. The Morgan fingerprint density at radius 1 is 1.15 bits per heavy atom. The van der Waals surface area contributed by atoms with Crippen molar-refractivity contribution in [2.45, 2.75) is 51.1 Å². The average Bonchev–Trinajstić information content (AvgIpc) is 3.49. The van der Waals surface area contributed by atoms with E-state index >= 15 is 0 Å². The fourth-order valence-electron chi connectivity index (χ4n) is 4.39. The van der Waals surface area contributed by atoms with Crippen LogP contribution in [-0.2, 0) is 25.8 Å². The summed E-state index contributed by atoms with van der Waals surface area (Å²) in [4.78, 5) is 43.1. The van der Waals surface area contributed by atoms with Crippen molar-refractivity contribution in [3.63, 3.8) is 0 Å². The van der Waals surface area contributed by atoms with Crippen molar-refractivity contribution in [2.24, 2.45) is 5.16 Å². The molecule has 3 aromatic rings. The van der Waals surface area contributed by atoms with Crippen LogP contribution in [0.15, 0.2) is 59.8 Å². The Kier molecular flexibility index (Phi) is 8.45. The Bertz CT molecular complexity index is 1490. The van der Waals surface area contributed by atoms with E-state index in [9.17, 15) is 27.6 Å². The maximum absolute atomic E-state index is 12.0. The molecule has 5 rings (SSSR count). The number of aryl methyl sites for hydroxylation is 1. The SMILES string of the molecule is COC(=O)C(F)(F)F.Cc1cc(COc2ccc(C3CC(CC4(C)NC(=O)NC4=O)=NO3)cc2)c2ccccc2n1. The molecule has 0 radical (unpaired) electrons. The lowest BCUT2D eigenvalue weighted by atomic mass is 9.92. The number of hydrogen-bond donors (Lipinski definition) is 2. The third-order valence-electron chi connectivity index (χ3n) is 6.40. The van der Waals surface area contributed by atoms with Crippen molar-refractivity contribution in [3.05, 3.63) is 71.4 Å². The van der Waals surface area contributed by atoms with Gasteiger partial charge in [0.05, 0.1) is 18.3 Å². The number of halogens is 3. The van der Waals surface area contributed by atoms with E-state index < -0.39 is 23.7 Å². The quantitative estimate of drug-likeness (QED) is 0.325. The summed E-state index contributed by atoms with van der Waals surface area (Å²) < 4.78 is 42.3. The summed E-state index contributed by atoms with van der Waals surface area (Å²) in [7, 11) is 0.676. The molecular formula is C28H27F3N4O6. The van der Waals surface area contributed by atoms with Crippen molar-refractivity contribution >= 4 is 34.5 Å². The molecule has 3 amide bonds. The summed E-state index contributed by atoms with van der Waals surface area (Å²) in [5.41, 5.74) is 3.72. The molecular weight excluding hydrogens is 545 g/mol. The summed E-state index contributed by atoms with van der Waals surface area (Å²) in [5.74, 6) is -1.76. The number of nitrogens with one attached hydrogen (secondary N) is 2. The lowest BCUT2D eigenvalue weighted by Gasteiger charge is -2.19. The van der Waals surface area contributed by atoms with E-state index in [1.54, 1.807) is 6.92 Å². The van der Waals surface area contributed by atoms with E-state index in [4.69, 9.17) is 9.57 Å². The molecule has 1 fully saturated rings. The number of esters is 1. The van der Waals surface area contributed by atoms with Crippen LogP contribution in [0.25, 0.3) is 10.9 Å². The molecule has 2 atom stereocenters. The standard InChI is InChI=1S/C25H24N4O4.C3H3F3O2/c1-15-11-17(20-5-3-4-6-21(20)26-15)14-32-19-9-7-16(8-10-19)22-12-18(29-33-22)13-25(2)23(30)27-24(31)28-25;1-8-2(7)3(4,5)6/h3-11,22H,12-14H2,1-2H3,(H2,27,28,30,31);1H3. The van der Waals surface area contributed by atoms with E-state index in [1.807, 2.05) is 49.4 Å². The lowest BCUT2D eigenvalue weighted by Crippen LogP contribution is -2.45. The number of nitrogens with zero attached hydrogens (tertiary/aromatic N) is 2. The molecule has 0 aliphatic carbocycles. The third kappa shape index (κ3) is 7.10. The first-order valence-electron chi connectivity index (χ1n) is 12.5. The number of alkyl halides is 3. The van der Waals surface area contributed by atoms with Gasteiger partial charge in [0, 0.05) is 29.5 Å². The largest absolute Gasteiger partial charge is 0.490 e. The Labute approximate surface area is 232 Å². The zero-order chi connectivity index (χ0) is 29.8. The lowest BCUT2D eigenvalue weighted by molar-refractivity contribution is -0.196. The number of hydrogen-bond acceptors (Lipinski definition) is 8. The number of carbonyl (C=O) groups is 3. The number of rotatable bonds is 6. The van der Waals surface area contributed by atoms with Crippen molar-refractivity contribution in [1.82, 2.24) is 15.6 Å². The summed E-state index contributed by atoms with van der Waals surface area (Å²) in [6.45, 7) is 4.11. The fraction of sp³-hybridized carbons (Fsp3) is 0.321. The number of pyridine rings is 1. The molecule has 1 saturated heterocycles. The van der Waals surface area contributed by atoms with Crippen molar-refractivity contribution in [3.8, 4) is 5.75 Å². The normalized spacial score (nSPS) is 19.9. The molecule has 10 nitrogen and oxygen atoms in total. The molecule has 0 saturated carbocycles. The highest BCUT2D eigenvalue weighted by molar-refractivity contribution is 6.09. The van der Waals surface area contributed by atoms with E-state index in [0.717, 1.165) is 39.2 Å². The minimum Gasteiger partial charge on any atom is -0.489 e. The highest BCUT2D eigenvalue weighted by Crippen LogP contribution is 2.32. The van der Waals surface area contributed by atoms with Gasteiger partial charge < -0.3 is 19.6 Å². The molecule has 0 bridgehead atoms. The topological polar surface area (TPSA) is 128 Å². The maximum Gasteiger partial charge on any atom is 0.490 e. The van der Waals surface area contributed by atoms with Crippen LogP contribution in [0, 0.1) is 6.92 Å². The molecule has 1 aromatic heterocycles. The summed E-state index contributed by atoms with van der Waals surface area (Å²) in [6, 6.07) is 17.4. The summed E-state index contributed by atoms with van der Waals surface area (Å²) in [5, 5.41) is 10.2. The molecule has 3 heterocycles. The zero-order valence-corrected chi connectivity index (χ0v) is 22.4. The maximum atomic E-state index is 12.0. The average molecular weight is 573 g/mol. The van der Waals surface area contributed by atoms with Crippen molar-refractivity contribution < 1.29 is 41.9 Å². The Balaban J connectivity index is 0.000000426. The fourth-order valence-corrected chi connectivity index (χ4v) is 4.39. The van der Waals surface area contributed by atoms with Gasteiger partial charge in [-0.05, 0) is 43.7 Å². The van der Waals surface area contributed by atoms with Crippen molar-refractivity contribution in [1.29, 1.82) is 0 Å². The number of urea groups is 1. The van der Waals surface area contributed by atoms with Gasteiger partial charge in [0.25, 0.3) is 5.91 Å². The molecule has 2 unspecified atom stereocenters. The van der Waals surface area contributed by atoms with E-state index in [0.29, 0.717) is 26.6 Å². The molecule has 2 aliphatic rings. The molecule has 2 aromatic carbocycles. The zero-order valence-electron chi connectivity index (χ0n) is 22.4. The van der Waals surface area contributed by atoms with Gasteiger partial charge in [-0.1, -0.05) is 35.5 Å². The number of benzene rings is 2. The number of carbonyl (C=O) groups excluding carboxylic acids is 3. The second-order valence-corrected chi connectivity index (χ2v) is 9.66. The molecule has 2 N–H and O–H groups in total. The first-order chi connectivity index (χ1) is 19.4. The number of aromatic nitrogens is 1. The number of para-hydroxylation sites is 1. The highest BCUT2D eigenvalue weighted by Gasteiger charge is 2.44. The van der Waals surface area contributed by atoms with Crippen LogP contribution >= 0.6 is 0 Å². The highest BCUT2D eigenvalue weighted by atomic mass is 19.4. The summed E-state index contributed by atoms with van der Waals surface area (Å²) >= 11 is 0. The monoisotopic (exact) mass is 572 g/mol. The first kappa shape index (κ1) is 29.3. The molecule has 0 spiro atoms. The molecule has 41 heavy (non-hydrogen) atoms. The van der Waals surface area contributed by atoms with E-state index in [2.05, 4.69) is 37.6 Å². The van der Waals surface area contributed by atoms with Gasteiger partial charge >= 0.3 is 18.2 Å². The van der Waals surface area contributed by atoms with Crippen molar-refractivity contribution in [2.75, 3.05) is 7.11 Å². The summed E-state index contributed by atoms with van der Waals surface area (Å²) in [6.07, 6.45) is -4.22. The van der Waals surface area contributed by atoms with Crippen LogP contribution in [-0.4, -0.2) is 47.4 Å². The minimum absolute atomic E-state index is 0.232. The Morgan fingerprint density at radius 2 is 1.85 bits per heavy atom. The Hall–Kier alpha value is -4.68. The van der Waals surface area contributed by atoms with E-state index in [-0.39, 0.29) is 12.0 Å². The van der Waals surface area contributed by atoms with Crippen LogP contribution < -0.4 is 15.4 Å². The molecule has 2 aliphatic heterocycles. The smallest absolute Gasteiger partial charge is 0.489 e. The van der Waals surface area contributed by atoms with Gasteiger partial charge in [-0.25, -0.2) is 9.59 Å². The van der Waals surface area contributed by atoms with Gasteiger partial charge in [-0.15, -0.1) is 0 Å². The van der Waals surface area contributed by atoms with Gasteiger partial charge in [-0.3, -0.25) is 15.1 Å². The predicted octanol–water partition coefficient (Wildman–Crippen LogP) is 4.65. The molecule has 13 heteroatoms. The van der Waals surface area contributed by atoms with Crippen LogP contribution in [0.3, 0.4) is 0 Å². The predicted molar refractivity (Wildman–Crippen MR) is 141 cm³/mol. The van der Waals surface area contributed by atoms with Crippen LogP contribution in [0.2, 0.25) is 0 Å². The number of imide groups is 1. The number of fused-ring (bicyclic) bond motifs is 1. The minimum atomic E-state index is -4.85. The van der Waals surface area contributed by atoms with Gasteiger partial charge in [0.1, 0.15) is 17.9 Å². The first-order valence-corrected chi connectivity index (χ1v) is 12.5. The second-order valence-electron chi connectivity index (χ2n) is 9.66. The van der Waals surface area contributed by atoms with Gasteiger partial charge in [-0.2, -0.15) is 13.2 Å². The van der Waals surface area contributed by atoms with E-state index in [1.165, 1.54) is 0 Å². The van der Waals surface area contributed by atoms with Crippen LogP contribution in [0.1, 0.15) is 42.7 Å². The third-order valence-corrected chi connectivity index (χ3v) is 6.40. The molecule has 216 valence electrons. The number of oxime groups is 1. The van der Waals surface area contributed by atoms with Crippen LogP contribution in [0.5, 0.6) is 5.75 Å².